The molecule has 1 aromatic carbocycles. The van der Waals surface area contributed by atoms with Crippen molar-refractivity contribution in [3.8, 4) is 5.75 Å². The molecule has 0 saturated carbocycles. The Hall–Kier alpha value is -0.940. The van der Waals surface area contributed by atoms with Crippen LogP contribution in [-0.4, -0.2) is 17.3 Å². The van der Waals surface area contributed by atoms with Crippen LogP contribution in [0.25, 0.3) is 0 Å². The number of non-ortho nitro benzene ring substituents is 1. The lowest BCUT2D eigenvalue weighted by Crippen LogP contribution is -1.99. The Morgan fingerprint density at radius 3 is 2.33 bits per heavy atom. The zero-order chi connectivity index (χ0) is 15.5. The van der Waals surface area contributed by atoms with E-state index in [1.54, 1.807) is 0 Å². The summed E-state index contributed by atoms with van der Waals surface area (Å²) in [6.45, 7) is 0.539. The molecule has 0 amide bonds. The topological polar surface area (TPSA) is 52.4 Å². The first-order valence-electron chi connectivity index (χ1n) is 7.32. The number of ether oxygens (including phenoxy) is 1. The number of hydrogen-bond donors (Lipinski definition) is 1. The van der Waals surface area contributed by atoms with E-state index >= 15 is 0 Å². The number of halogens is 1. The Kier molecular flexibility index (Phi) is 9.26. The van der Waals surface area contributed by atoms with Crippen molar-refractivity contribution in [3.05, 3.63) is 33.3 Å². The number of hydrogen-bond acceptors (Lipinski definition) is 4. The maximum atomic E-state index is 10.7. The molecule has 6 heteroatoms. The Morgan fingerprint density at radius 1 is 1.10 bits per heavy atom. The molecule has 0 aliphatic carbocycles. The molecule has 4 nitrogen and oxygen atoms in total. The molecule has 0 fully saturated rings. The quantitative estimate of drug-likeness (QED) is 0.259. The zero-order valence-electron chi connectivity index (χ0n) is 12.1. The van der Waals surface area contributed by atoms with Crippen LogP contribution in [-0.2, 0) is 0 Å². The van der Waals surface area contributed by atoms with E-state index in [4.69, 9.17) is 16.3 Å². The fourth-order valence-corrected chi connectivity index (χ4v) is 2.39. The van der Waals surface area contributed by atoms with Gasteiger partial charge in [0.1, 0.15) is 5.75 Å². The lowest BCUT2D eigenvalue weighted by molar-refractivity contribution is -0.384. The Morgan fingerprint density at radius 2 is 1.71 bits per heavy atom. The molecule has 0 N–H and O–H groups in total. The van der Waals surface area contributed by atoms with E-state index in [-0.39, 0.29) is 5.69 Å². The molecule has 1 rings (SSSR count). The summed E-state index contributed by atoms with van der Waals surface area (Å²) >= 11 is 10.1. The summed E-state index contributed by atoms with van der Waals surface area (Å²) in [4.78, 5) is 10.2. The third-order valence-corrected chi connectivity index (χ3v) is 3.81. The third kappa shape index (κ3) is 7.58. The van der Waals surface area contributed by atoms with Crippen LogP contribution in [0.15, 0.2) is 18.2 Å². The number of benzene rings is 1. The molecule has 0 aromatic heterocycles. The molecule has 0 unspecified atom stereocenters. The fraction of sp³-hybridized carbons (Fsp3) is 0.600. The largest absolute Gasteiger partial charge is 0.492 e. The number of rotatable bonds is 11. The Balaban J connectivity index is 2.18. The molecule has 118 valence electrons. The van der Waals surface area contributed by atoms with Crippen LogP contribution in [0.5, 0.6) is 5.75 Å². The van der Waals surface area contributed by atoms with Crippen LogP contribution >= 0.6 is 24.2 Å². The summed E-state index contributed by atoms with van der Waals surface area (Å²) in [6.07, 6.45) is 8.18. The summed E-state index contributed by atoms with van der Waals surface area (Å²) in [7, 11) is 0. The fourth-order valence-electron chi connectivity index (χ4n) is 2.00. The van der Waals surface area contributed by atoms with Crippen molar-refractivity contribution >= 4 is 29.9 Å². The number of thiol groups is 1. The van der Waals surface area contributed by atoms with Crippen LogP contribution in [0.4, 0.5) is 5.69 Å². The number of unbranched alkanes of at least 4 members (excludes halogenated alkanes) is 6. The van der Waals surface area contributed by atoms with E-state index < -0.39 is 4.92 Å². The van der Waals surface area contributed by atoms with Crippen molar-refractivity contribution in [2.24, 2.45) is 0 Å². The van der Waals surface area contributed by atoms with Gasteiger partial charge in [-0.15, -0.1) is 0 Å². The predicted octanol–water partition coefficient (Wildman–Crippen LogP) is 5.29. The summed E-state index contributed by atoms with van der Waals surface area (Å²) in [6, 6.07) is 4.25. The smallest absolute Gasteiger partial charge is 0.273 e. The van der Waals surface area contributed by atoms with Crippen molar-refractivity contribution in [2.75, 3.05) is 12.4 Å². The summed E-state index contributed by atoms with van der Waals surface area (Å²) < 4.78 is 5.53. The molecule has 0 radical (unpaired) electrons. The molecular formula is C15H22ClNO3S. The van der Waals surface area contributed by atoms with Crippen LogP contribution in [0.3, 0.4) is 0 Å². The second-order valence-electron chi connectivity index (χ2n) is 4.92. The first-order valence-corrected chi connectivity index (χ1v) is 8.34. The zero-order valence-corrected chi connectivity index (χ0v) is 13.7. The number of nitro benzene ring substituents is 1. The van der Waals surface area contributed by atoms with Crippen LogP contribution in [0.1, 0.15) is 44.9 Å². The van der Waals surface area contributed by atoms with Gasteiger partial charge in [0.25, 0.3) is 5.69 Å². The van der Waals surface area contributed by atoms with Crippen molar-refractivity contribution in [1.29, 1.82) is 0 Å². The van der Waals surface area contributed by atoms with Gasteiger partial charge < -0.3 is 4.74 Å². The van der Waals surface area contributed by atoms with Crippen molar-refractivity contribution in [2.45, 2.75) is 44.9 Å². The van der Waals surface area contributed by atoms with Crippen LogP contribution in [0.2, 0.25) is 5.02 Å². The Labute approximate surface area is 136 Å². The maximum Gasteiger partial charge on any atom is 0.273 e. The first kappa shape index (κ1) is 18.1. The van der Waals surface area contributed by atoms with Crippen molar-refractivity contribution in [3.63, 3.8) is 0 Å². The van der Waals surface area contributed by atoms with E-state index in [1.165, 1.54) is 50.3 Å². The van der Waals surface area contributed by atoms with E-state index in [0.29, 0.717) is 17.4 Å². The SMILES string of the molecule is O=[N+]([O-])c1ccc(Cl)c(OCCCCCCCCCS)c1. The maximum absolute atomic E-state index is 10.7. The molecule has 0 saturated heterocycles. The molecule has 1 aromatic rings. The van der Waals surface area contributed by atoms with Crippen LogP contribution < -0.4 is 4.74 Å². The lowest BCUT2D eigenvalue weighted by atomic mass is 10.1. The molecule has 21 heavy (non-hydrogen) atoms. The minimum absolute atomic E-state index is 0.00131. The molecule has 0 atom stereocenters. The van der Waals surface area contributed by atoms with Crippen molar-refractivity contribution in [1.82, 2.24) is 0 Å². The standard InChI is InChI=1S/C15H22ClNO3S/c16-14-9-8-13(17(18)19)12-15(14)20-10-6-4-2-1-3-5-7-11-21/h8-9,12,21H,1-7,10-11H2. The van der Waals surface area contributed by atoms with Crippen molar-refractivity contribution < 1.29 is 9.66 Å². The van der Waals surface area contributed by atoms with E-state index in [2.05, 4.69) is 12.6 Å². The summed E-state index contributed by atoms with van der Waals surface area (Å²) in [5.74, 6) is 1.36. The highest BCUT2D eigenvalue weighted by atomic mass is 35.5. The molecule has 0 spiro atoms. The second kappa shape index (κ2) is 10.7. The van der Waals surface area contributed by atoms with Gasteiger partial charge in [-0.3, -0.25) is 10.1 Å². The Bertz CT molecular complexity index is 443. The van der Waals surface area contributed by atoms with E-state index in [9.17, 15) is 10.1 Å². The van der Waals surface area contributed by atoms with Gasteiger partial charge in [-0.25, -0.2) is 0 Å². The summed E-state index contributed by atoms with van der Waals surface area (Å²) in [5, 5.41) is 11.1. The molecule has 0 aliphatic rings. The first-order chi connectivity index (χ1) is 10.1. The molecule has 0 aliphatic heterocycles. The predicted molar refractivity (Wildman–Crippen MR) is 89.8 cm³/mol. The average Bonchev–Trinajstić information content (AvgIpc) is 2.47. The highest BCUT2D eigenvalue weighted by molar-refractivity contribution is 7.80. The van der Waals surface area contributed by atoms with Gasteiger partial charge in [-0.1, -0.05) is 43.7 Å². The minimum Gasteiger partial charge on any atom is -0.492 e. The van der Waals surface area contributed by atoms with Gasteiger partial charge in [0.15, 0.2) is 0 Å². The van der Waals surface area contributed by atoms with Gasteiger partial charge in [0.2, 0.25) is 0 Å². The molecular weight excluding hydrogens is 310 g/mol. The number of nitro groups is 1. The summed E-state index contributed by atoms with van der Waals surface area (Å²) in [5.41, 5.74) is -0.00131. The number of nitrogens with zero attached hydrogens (tertiary/aromatic N) is 1. The molecule has 0 heterocycles. The van der Waals surface area contributed by atoms with Gasteiger partial charge in [-0.2, -0.15) is 12.6 Å². The van der Waals surface area contributed by atoms with Gasteiger partial charge in [0.05, 0.1) is 22.6 Å². The highest BCUT2D eigenvalue weighted by Crippen LogP contribution is 2.29. The van der Waals surface area contributed by atoms with E-state index in [1.807, 2.05) is 0 Å². The monoisotopic (exact) mass is 331 g/mol. The lowest BCUT2D eigenvalue weighted by Gasteiger charge is -2.07. The van der Waals surface area contributed by atoms with Gasteiger partial charge in [0, 0.05) is 6.07 Å². The van der Waals surface area contributed by atoms with E-state index in [0.717, 1.165) is 18.6 Å². The minimum atomic E-state index is -0.450. The average molecular weight is 332 g/mol. The third-order valence-electron chi connectivity index (χ3n) is 3.19. The highest BCUT2D eigenvalue weighted by Gasteiger charge is 2.10. The second-order valence-corrected chi connectivity index (χ2v) is 5.77. The van der Waals surface area contributed by atoms with Gasteiger partial charge in [-0.05, 0) is 24.7 Å². The van der Waals surface area contributed by atoms with Crippen LogP contribution in [0, 0.1) is 10.1 Å². The molecule has 0 bridgehead atoms. The van der Waals surface area contributed by atoms with Gasteiger partial charge >= 0.3 is 0 Å². The normalized spacial score (nSPS) is 10.6.